The van der Waals surface area contributed by atoms with Gasteiger partial charge in [0.05, 0.1) is 7.11 Å². The molecule has 3 aromatic rings. The highest BCUT2D eigenvalue weighted by atomic mass is 16.5. The maximum atomic E-state index is 5.30. The van der Waals surface area contributed by atoms with E-state index in [2.05, 4.69) is 29.7 Å². The summed E-state index contributed by atoms with van der Waals surface area (Å²) in [5.41, 5.74) is 1.54. The Morgan fingerprint density at radius 2 is 1.75 bits per heavy atom. The summed E-state index contributed by atoms with van der Waals surface area (Å²) in [5, 5.41) is 0. The molecule has 5 rings (SSSR count). The van der Waals surface area contributed by atoms with E-state index in [0.717, 1.165) is 43.1 Å². The van der Waals surface area contributed by atoms with Crippen LogP contribution in [-0.4, -0.2) is 57.2 Å². The third kappa shape index (κ3) is 3.30. The summed E-state index contributed by atoms with van der Waals surface area (Å²) in [5.74, 6) is 2.58. The molecule has 28 heavy (non-hydrogen) atoms. The molecule has 0 amide bonds. The van der Waals surface area contributed by atoms with Crippen molar-refractivity contribution in [2.24, 2.45) is 0 Å². The van der Waals surface area contributed by atoms with Gasteiger partial charge in [0, 0.05) is 43.6 Å². The summed E-state index contributed by atoms with van der Waals surface area (Å²) in [6.07, 6.45) is 9.60. The molecule has 0 bridgehead atoms. The largest absolute Gasteiger partial charge is 0.481 e. The van der Waals surface area contributed by atoms with Gasteiger partial charge in [0.25, 0.3) is 0 Å². The van der Waals surface area contributed by atoms with Crippen molar-refractivity contribution < 1.29 is 4.74 Å². The summed E-state index contributed by atoms with van der Waals surface area (Å²) in [7, 11) is 1.65. The van der Waals surface area contributed by atoms with Gasteiger partial charge in [0.1, 0.15) is 23.5 Å². The Hall–Kier alpha value is -3.03. The van der Waals surface area contributed by atoms with Crippen LogP contribution < -0.4 is 14.5 Å². The highest BCUT2D eigenvalue weighted by Crippen LogP contribution is 2.36. The van der Waals surface area contributed by atoms with Gasteiger partial charge >= 0.3 is 0 Å². The molecule has 144 valence electrons. The van der Waals surface area contributed by atoms with Gasteiger partial charge in [-0.2, -0.15) is 0 Å². The lowest BCUT2D eigenvalue weighted by atomic mass is 10.0. The summed E-state index contributed by atoms with van der Waals surface area (Å²) < 4.78 is 5.30. The molecule has 0 unspecified atom stereocenters. The fourth-order valence-electron chi connectivity index (χ4n) is 4.00. The van der Waals surface area contributed by atoms with Gasteiger partial charge in [-0.3, -0.25) is 4.98 Å². The van der Waals surface area contributed by atoms with Crippen molar-refractivity contribution in [3.05, 3.63) is 36.9 Å². The van der Waals surface area contributed by atoms with Crippen LogP contribution in [0.3, 0.4) is 0 Å². The zero-order valence-corrected chi connectivity index (χ0v) is 15.9. The summed E-state index contributed by atoms with van der Waals surface area (Å²) in [4.78, 5) is 26.8. The van der Waals surface area contributed by atoms with Crippen molar-refractivity contribution in [3.8, 4) is 5.88 Å². The van der Waals surface area contributed by atoms with Crippen LogP contribution in [0.5, 0.6) is 5.88 Å². The van der Waals surface area contributed by atoms with E-state index in [1.165, 1.54) is 12.8 Å². The minimum atomic E-state index is 0.476. The molecule has 2 aliphatic rings. The van der Waals surface area contributed by atoms with Gasteiger partial charge in [-0.05, 0) is 37.8 Å². The molecular weight excluding hydrogens is 354 g/mol. The zero-order chi connectivity index (χ0) is 18.9. The minimum Gasteiger partial charge on any atom is -0.481 e. The molecule has 3 aromatic heterocycles. The molecule has 0 atom stereocenters. The molecule has 4 heterocycles. The van der Waals surface area contributed by atoms with Crippen LogP contribution in [0, 0.1) is 0 Å². The average Bonchev–Trinajstić information content (AvgIpc) is 3.59. The van der Waals surface area contributed by atoms with E-state index in [1.54, 1.807) is 25.8 Å². The van der Waals surface area contributed by atoms with E-state index in [-0.39, 0.29) is 0 Å². The van der Waals surface area contributed by atoms with Crippen LogP contribution >= 0.6 is 0 Å². The first-order chi connectivity index (χ1) is 13.8. The summed E-state index contributed by atoms with van der Waals surface area (Å²) in [6, 6.07) is 7.06. The van der Waals surface area contributed by atoms with Crippen LogP contribution in [0.15, 0.2) is 36.9 Å². The van der Waals surface area contributed by atoms with Crippen LogP contribution in [0.1, 0.15) is 25.7 Å². The lowest BCUT2D eigenvalue weighted by Gasteiger charge is -2.39. The number of pyridine rings is 1. The van der Waals surface area contributed by atoms with Crippen molar-refractivity contribution in [2.45, 2.75) is 37.8 Å². The van der Waals surface area contributed by atoms with Gasteiger partial charge < -0.3 is 14.5 Å². The Bertz CT molecular complexity index is 969. The molecule has 2 fully saturated rings. The van der Waals surface area contributed by atoms with Gasteiger partial charge in [-0.1, -0.05) is 0 Å². The number of piperidine rings is 1. The van der Waals surface area contributed by atoms with E-state index < -0.39 is 0 Å². The van der Waals surface area contributed by atoms with Gasteiger partial charge in [0.2, 0.25) is 5.88 Å². The molecular formula is C20H23N7O. The van der Waals surface area contributed by atoms with Crippen LogP contribution in [0.25, 0.3) is 11.2 Å². The van der Waals surface area contributed by atoms with E-state index in [0.29, 0.717) is 23.6 Å². The van der Waals surface area contributed by atoms with Crippen LogP contribution in [0.2, 0.25) is 0 Å². The monoisotopic (exact) mass is 377 g/mol. The highest BCUT2D eigenvalue weighted by Gasteiger charge is 2.36. The number of hydrogen-bond acceptors (Lipinski definition) is 8. The molecule has 8 nitrogen and oxygen atoms in total. The van der Waals surface area contributed by atoms with Gasteiger partial charge in [0.15, 0.2) is 5.65 Å². The zero-order valence-electron chi connectivity index (χ0n) is 15.9. The molecule has 8 heteroatoms. The molecule has 1 aliphatic carbocycles. The van der Waals surface area contributed by atoms with E-state index in [9.17, 15) is 0 Å². The molecule has 1 saturated carbocycles. The normalized spacial score (nSPS) is 17.7. The summed E-state index contributed by atoms with van der Waals surface area (Å²) in [6.45, 7) is 1.93. The highest BCUT2D eigenvalue weighted by molar-refractivity contribution is 5.71. The number of aromatic nitrogens is 5. The third-order valence-electron chi connectivity index (χ3n) is 5.54. The van der Waals surface area contributed by atoms with Gasteiger partial charge in [-0.25, -0.2) is 19.9 Å². The number of rotatable bonds is 5. The van der Waals surface area contributed by atoms with Crippen molar-refractivity contribution in [1.82, 2.24) is 24.9 Å². The topological polar surface area (TPSA) is 80.2 Å². The Balaban J connectivity index is 1.32. The molecule has 0 spiro atoms. The van der Waals surface area contributed by atoms with E-state index in [4.69, 9.17) is 9.72 Å². The number of fused-ring (bicyclic) bond motifs is 1. The van der Waals surface area contributed by atoms with Crippen LogP contribution in [0.4, 0.5) is 11.6 Å². The Kier molecular flexibility index (Phi) is 4.38. The minimum absolute atomic E-state index is 0.476. The lowest BCUT2D eigenvalue weighted by molar-refractivity contribution is 0.395. The number of hydrogen-bond donors (Lipinski definition) is 0. The fraction of sp³-hybridized carbons (Fsp3) is 0.450. The van der Waals surface area contributed by atoms with Gasteiger partial charge in [-0.15, -0.1) is 0 Å². The first-order valence-corrected chi connectivity index (χ1v) is 9.79. The molecule has 0 aromatic carbocycles. The Morgan fingerprint density at radius 3 is 2.54 bits per heavy atom. The second-order valence-electron chi connectivity index (χ2n) is 7.34. The molecule has 0 N–H and O–H groups in total. The Morgan fingerprint density at radius 1 is 0.964 bits per heavy atom. The quantitative estimate of drug-likeness (QED) is 0.671. The fourth-order valence-corrected chi connectivity index (χ4v) is 4.00. The number of anilines is 2. The number of methoxy groups -OCH3 is 1. The smallest absolute Gasteiger partial charge is 0.218 e. The molecule has 1 saturated heterocycles. The standard InChI is InChI=1S/C20H23N7O/c1-28-19-12-18(23-13-24-19)27(14-2-3-14)15-6-10-26(11-7-15)17-5-4-16-20(25-17)22-9-8-21-16/h4-5,8-9,12-15H,2-3,6-7,10-11H2,1H3. The average molecular weight is 377 g/mol. The second kappa shape index (κ2) is 7.18. The van der Waals surface area contributed by atoms with E-state index in [1.807, 2.05) is 18.2 Å². The van der Waals surface area contributed by atoms with E-state index >= 15 is 0 Å². The van der Waals surface area contributed by atoms with Crippen LogP contribution in [-0.2, 0) is 0 Å². The van der Waals surface area contributed by atoms with Crippen molar-refractivity contribution in [3.63, 3.8) is 0 Å². The number of nitrogens with zero attached hydrogens (tertiary/aromatic N) is 7. The lowest BCUT2D eigenvalue weighted by Crippen LogP contribution is -2.46. The predicted molar refractivity (Wildman–Crippen MR) is 107 cm³/mol. The second-order valence-corrected chi connectivity index (χ2v) is 7.34. The Labute approximate surface area is 163 Å². The SMILES string of the molecule is COc1cc(N(C2CC2)C2CCN(c3ccc4nccnc4n3)CC2)ncn1. The van der Waals surface area contributed by atoms with Crippen molar-refractivity contribution in [2.75, 3.05) is 30.0 Å². The predicted octanol–water partition coefficient (Wildman–Crippen LogP) is 2.46. The van der Waals surface area contributed by atoms with Crippen molar-refractivity contribution in [1.29, 1.82) is 0 Å². The third-order valence-corrected chi connectivity index (χ3v) is 5.54. The molecule has 1 aliphatic heterocycles. The maximum absolute atomic E-state index is 5.30. The summed E-state index contributed by atoms with van der Waals surface area (Å²) >= 11 is 0. The first kappa shape index (κ1) is 17.1. The first-order valence-electron chi connectivity index (χ1n) is 9.79. The number of ether oxygens (including phenoxy) is 1. The molecule has 0 radical (unpaired) electrons. The van der Waals surface area contributed by atoms with Crippen molar-refractivity contribution >= 4 is 22.8 Å². The maximum Gasteiger partial charge on any atom is 0.218 e.